The Kier molecular flexibility index (Phi) is 3.92. The van der Waals surface area contributed by atoms with Crippen LogP contribution in [0.1, 0.15) is 30.1 Å². The van der Waals surface area contributed by atoms with Crippen LogP contribution in [0.15, 0.2) is 36.4 Å². The second-order valence-electron chi connectivity index (χ2n) is 5.26. The predicted octanol–water partition coefficient (Wildman–Crippen LogP) is 3.00. The number of aromatic nitrogens is 2. The molecule has 1 saturated heterocycles. The molecule has 0 atom stereocenters. The number of pyridine rings is 2. The van der Waals surface area contributed by atoms with Crippen LogP contribution in [0.2, 0.25) is 0 Å². The Morgan fingerprint density at radius 1 is 1.00 bits per heavy atom. The fourth-order valence-corrected chi connectivity index (χ4v) is 2.61. The van der Waals surface area contributed by atoms with Crippen LogP contribution >= 0.6 is 0 Å². The van der Waals surface area contributed by atoms with E-state index in [1.807, 2.05) is 31.2 Å². The van der Waals surface area contributed by atoms with Crippen LogP contribution < -0.4 is 10.6 Å². The molecule has 1 aliphatic heterocycles. The fraction of sp³-hybridized carbons (Fsp3) is 0.375. The molecule has 0 saturated carbocycles. The quantitative estimate of drug-likeness (QED) is 0.898. The third-order valence-corrected chi connectivity index (χ3v) is 3.67. The number of hydrogen-bond donors (Lipinski definition) is 2. The molecular formula is C16H20N4. The average Bonchev–Trinajstić information content (AvgIpc) is 2.48. The normalized spacial score (nSPS) is 16.1. The summed E-state index contributed by atoms with van der Waals surface area (Å²) >= 11 is 0. The first-order valence-corrected chi connectivity index (χ1v) is 7.19. The van der Waals surface area contributed by atoms with Crippen molar-refractivity contribution in [3.63, 3.8) is 0 Å². The molecule has 3 heterocycles. The van der Waals surface area contributed by atoms with Gasteiger partial charge in [0.05, 0.1) is 0 Å². The molecule has 104 valence electrons. The zero-order chi connectivity index (χ0) is 13.8. The first-order valence-electron chi connectivity index (χ1n) is 7.19. The topological polar surface area (TPSA) is 49.8 Å². The van der Waals surface area contributed by atoms with Crippen molar-refractivity contribution in [1.82, 2.24) is 15.3 Å². The predicted molar refractivity (Wildman–Crippen MR) is 81.3 cm³/mol. The summed E-state index contributed by atoms with van der Waals surface area (Å²) < 4.78 is 0. The van der Waals surface area contributed by atoms with Gasteiger partial charge in [0, 0.05) is 17.3 Å². The Morgan fingerprint density at radius 3 is 2.45 bits per heavy atom. The van der Waals surface area contributed by atoms with Crippen LogP contribution in [0.4, 0.5) is 11.6 Å². The van der Waals surface area contributed by atoms with Gasteiger partial charge in [0.25, 0.3) is 0 Å². The van der Waals surface area contributed by atoms with E-state index in [1.54, 1.807) is 0 Å². The zero-order valence-electron chi connectivity index (χ0n) is 11.8. The van der Waals surface area contributed by atoms with Gasteiger partial charge in [-0.2, -0.15) is 0 Å². The fourth-order valence-electron chi connectivity index (χ4n) is 2.61. The molecule has 0 aliphatic carbocycles. The standard InChI is InChI=1S/C16H20N4/c1-12-4-2-6-15(18-12)20-16-7-3-5-14(19-16)13-8-10-17-11-9-13/h2-7,13,17H,8-11H2,1H3,(H,18,19,20). The third-order valence-electron chi connectivity index (χ3n) is 3.67. The van der Waals surface area contributed by atoms with E-state index in [1.165, 1.54) is 18.5 Å². The molecule has 20 heavy (non-hydrogen) atoms. The van der Waals surface area contributed by atoms with E-state index in [0.29, 0.717) is 5.92 Å². The summed E-state index contributed by atoms with van der Waals surface area (Å²) in [5, 5.41) is 6.68. The maximum absolute atomic E-state index is 4.74. The van der Waals surface area contributed by atoms with Crippen LogP contribution in [0.25, 0.3) is 0 Å². The highest BCUT2D eigenvalue weighted by Crippen LogP contribution is 2.25. The van der Waals surface area contributed by atoms with E-state index in [4.69, 9.17) is 4.98 Å². The second kappa shape index (κ2) is 6.01. The first kappa shape index (κ1) is 13.1. The Balaban J connectivity index is 1.77. The van der Waals surface area contributed by atoms with Crippen LogP contribution in [-0.4, -0.2) is 23.1 Å². The molecule has 2 aromatic heterocycles. The van der Waals surface area contributed by atoms with Crippen molar-refractivity contribution in [2.24, 2.45) is 0 Å². The number of aryl methyl sites for hydroxylation is 1. The molecule has 0 bridgehead atoms. The van der Waals surface area contributed by atoms with Gasteiger partial charge >= 0.3 is 0 Å². The van der Waals surface area contributed by atoms with E-state index in [9.17, 15) is 0 Å². The van der Waals surface area contributed by atoms with Crippen molar-refractivity contribution < 1.29 is 0 Å². The van der Waals surface area contributed by atoms with Crippen molar-refractivity contribution in [1.29, 1.82) is 0 Å². The molecule has 3 rings (SSSR count). The van der Waals surface area contributed by atoms with Crippen molar-refractivity contribution in [3.05, 3.63) is 47.8 Å². The van der Waals surface area contributed by atoms with E-state index in [2.05, 4.69) is 27.8 Å². The van der Waals surface area contributed by atoms with Gasteiger partial charge in [0.2, 0.25) is 0 Å². The minimum atomic E-state index is 0.573. The Hall–Kier alpha value is -1.94. The maximum atomic E-state index is 4.74. The summed E-state index contributed by atoms with van der Waals surface area (Å²) in [6.45, 7) is 4.16. The molecule has 4 nitrogen and oxygen atoms in total. The smallest absolute Gasteiger partial charge is 0.131 e. The number of piperidine rings is 1. The summed E-state index contributed by atoms with van der Waals surface area (Å²) in [5.74, 6) is 2.29. The molecule has 1 aliphatic rings. The monoisotopic (exact) mass is 268 g/mol. The molecule has 0 aromatic carbocycles. The van der Waals surface area contributed by atoms with Gasteiger partial charge < -0.3 is 10.6 Å². The van der Waals surface area contributed by atoms with Gasteiger partial charge in [0.15, 0.2) is 0 Å². The molecular weight excluding hydrogens is 248 g/mol. The van der Waals surface area contributed by atoms with Crippen molar-refractivity contribution in [2.45, 2.75) is 25.7 Å². The minimum absolute atomic E-state index is 0.573. The molecule has 2 N–H and O–H groups in total. The molecule has 0 amide bonds. The Labute approximate surface area is 119 Å². The maximum Gasteiger partial charge on any atom is 0.131 e. The molecule has 1 fully saturated rings. The average molecular weight is 268 g/mol. The van der Waals surface area contributed by atoms with E-state index >= 15 is 0 Å². The molecule has 0 radical (unpaired) electrons. The molecule has 4 heteroatoms. The second-order valence-corrected chi connectivity index (χ2v) is 5.26. The lowest BCUT2D eigenvalue weighted by Gasteiger charge is -2.22. The first-order chi connectivity index (χ1) is 9.81. The SMILES string of the molecule is Cc1cccc(Nc2cccc(C3CCNCC3)n2)n1. The highest BCUT2D eigenvalue weighted by atomic mass is 15.1. The highest BCUT2D eigenvalue weighted by Gasteiger charge is 2.16. The summed E-state index contributed by atoms with van der Waals surface area (Å²) in [5.41, 5.74) is 2.19. The number of hydrogen-bond acceptors (Lipinski definition) is 4. The van der Waals surface area contributed by atoms with Crippen LogP contribution in [0, 0.1) is 6.92 Å². The number of nitrogens with one attached hydrogen (secondary N) is 2. The number of anilines is 2. The van der Waals surface area contributed by atoms with Crippen molar-refractivity contribution >= 4 is 11.6 Å². The largest absolute Gasteiger partial charge is 0.325 e. The molecule has 0 unspecified atom stereocenters. The van der Waals surface area contributed by atoms with Crippen LogP contribution in [0.5, 0.6) is 0 Å². The van der Waals surface area contributed by atoms with E-state index in [-0.39, 0.29) is 0 Å². The van der Waals surface area contributed by atoms with Crippen LogP contribution in [-0.2, 0) is 0 Å². The van der Waals surface area contributed by atoms with E-state index < -0.39 is 0 Å². The van der Waals surface area contributed by atoms with Crippen molar-refractivity contribution in [2.75, 3.05) is 18.4 Å². The summed E-state index contributed by atoms with van der Waals surface area (Å²) in [7, 11) is 0. The third kappa shape index (κ3) is 3.14. The van der Waals surface area contributed by atoms with Crippen molar-refractivity contribution in [3.8, 4) is 0 Å². The van der Waals surface area contributed by atoms with Gasteiger partial charge in [0.1, 0.15) is 11.6 Å². The Bertz CT molecular complexity index is 576. The lowest BCUT2D eigenvalue weighted by atomic mass is 9.94. The lowest BCUT2D eigenvalue weighted by Crippen LogP contribution is -2.27. The summed E-state index contributed by atoms with van der Waals surface area (Å²) in [4.78, 5) is 9.19. The zero-order valence-corrected chi connectivity index (χ0v) is 11.8. The van der Waals surface area contributed by atoms with Crippen LogP contribution in [0.3, 0.4) is 0 Å². The summed E-state index contributed by atoms with van der Waals surface area (Å²) in [6, 6.07) is 12.2. The number of nitrogens with zero attached hydrogens (tertiary/aromatic N) is 2. The molecule has 0 spiro atoms. The number of rotatable bonds is 3. The highest BCUT2D eigenvalue weighted by molar-refractivity contribution is 5.51. The van der Waals surface area contributed by atoms with Gasteiger partial charge in [-0.3, -0.25) is 0 Å². The van der Waals surface area contributed by atoms with Gasteiger partial charge in [-0.25, -0.2) is 9.97 Å². The minimum Gasteiger partial charge on any atom is -0.325 e. The molecule has 2 aromatic rings. The van der Waals surface area contributed by atoms with E-state index in [0.717, 1.165) is 30.4 Å². The van der Waals surface area contributed by atoms with Gasteiger partial charge in [-0.1, -0.05) is 12.1 Å². The van der Waals surface area contributed by atoms with Gasteiger partial charge in [-0.05, 0) is 57.1 Å². The lowest BCUT2D eigenvalue weighted by molar-refractivity contribution is 0.453. The Morgan fingerprint density at radius 2 is 1.70 bits per heavy atom. The summed E-state index contributed by atoms with van der Waals surface area (Å²) in [6.07, 6.45) is 2.33. The van der Waals surface area contributed by atoms with Gasteiger partial charge in [-0.15, -0.1) is 0 Å².